The van der Waals surface area contributed by atoms with Gasteiger partial charge in [0, 0.05) is 13.1 Å². The first kappa shape index (κ1) is 14.4. The van der Waals surface area contributed by atoms with E-state index in [4.69, 9.17) is 0 Å². The summed E-state index contributed by atoms with van der Waals surface area (Å²) in [4.78, 5) is 16.9. The van der Waals surface area contributed by atoms with Crippen molar-refractivity contribution in [3.05, 3.63) is 24.3 Å². The van der Waals surface area contributed by atoms with Crippen molar-refractivity contribution in [3.8, 4) is 0 Å². The molecule has 1 aromatic carbocycles. The summed E-state index contributed by atoms with van der Waals surface area (Å²) in [6, 6.07) is 8.20. The molecule has 2 heterocycles. The zero-order chi connectivity index (χ0) is 14.5. The maximum absolute atomic E-state index is 12.2. The van der Waals surface area contributed by atoms with Crippen LogP contribution in [0.25, 0.3) is 0 Å². The summed E-state index contributed by atoms with van der Waals surface area (Å²) >= 11 is 0. The van der Waals surface area contributed by atoms with E-state index in [2.05, 4.69) is 27.2 Å². The van der Waals surface area contributed by atoms with Crippen LogP contribution in [0.1, 0.15) is 32.1 Å². The van der Waals surface area contributed by atoms with E-state index < -0.39 is 0 Å². The standard InChI is InChI=1S/C17H25N3O/c21-17(14-19-10-6-7-11-19)18-15-8-2-3-9-16(15)20-12-4-1-5-13-20/h2-3,8-9H,1,4-7,10-14H2,(H,18,21). The Labute approximate surface area is 127 Å². The number of amides is 1. The van der Waals surface area contributed by atoms with Crippen molar-refractivity contribution in [1.82, 2.24) is 4.90 Å². The maximum Gasteiger partial charge on any atom is 0.238 e. The number of anilines is 2. The summed E-state index contributed by atoms with van der Waals surface area (Å²) in [6.45, 7) is 4.83. The van der Waals surface area contributed by atoms with Gasteiger partial charge in [-0.15, -0.1) is 0 Å². The quantitative estimate of drug-likeness (QED) is 0.925. The fourth-order valence-electron chi connectivity index (χ4n) is 3.32. The third kappa shape index (κ3) is 3.76. The summed E-state index contributed by atoms with van der Waals surface area (Å²) in [5.74, 6) is 0.112. The first-order chi connectivity index (χ1) is 10.3. The molecule has 4 nitrogen and oxygen atoms in total. The molecule has 2 fully saturated rings. The minimum atomic E-state index is 0.112. The zero-order valence-electron chi connectivity index (χ0n) is 12.7. The van der Waals surface area contributed by atoms with E-state index in [1.807, 2.05) is 12.1 Å². The number of hydrogen-bond acceptors (Lipinski definition) is 3. The molecule has 2 aliphatic heterocycles. The average molecular weight is 287 g/mol. The Kier molecular flexibility index (Phi) is 4.76. The molecule has 1 amide bonds. The molecule has 0 radical (unpaired) electrons. The molecule has 114 valence electrons. The Morgan fingerprint density at radius 3 is 2.38 bits per heavy atom. The number of nitrogens with one attached hydrogen (secondary N) is 1. The Balaban J connectivity index is 1.65. The fraction of sp³-hybridized carbons (Fsp3) is 0.588. The highest BCUT2D eigenvalue weighted by molar-refractivity contribution is 5.95. The highest BCUT2D eigenvalue weighted by atomic mass is 16.2. The topological polar surface area (TPSA) is 35.6 Å². The van der Waals surface area contributed by atoms with Gasteiger partial charge in [0.05, 0.1) is 17.9 Å². The van der Waals surface area contributed by atoms with Gasteiger partial charge in [0.25, 0.3) is 0 Å². The first-order valence-electron chi connectivity index (χ1n) is 8.19. The lowest BCUT2D eigenvalue weighted by Gasteiger charge is -2.30. The van der Waals surface area contributed by atoms with Gasteiger partial charge in [-0.25, -0.2) is 0 Å². The molecule has 0 saturated carbocycles. The number of benzene rings is 1. The molecule has 0 atom stereocenters. The van der Waals surface area contributed by atoms with Gasteiger partial charge < -0.3 is 10.2 Å². The smallest absolute Gasteiger partial charge is 0.238 e. The molecular formula is C17H25N3O. The van der Waals surface area contributed by atoms with Crippen molar-refractivity contribution < 1.29 is 4.79 Å². The molecule has 2 saturated heterocycles. The van der Waals surface area contributed by atoms with Crippen molar-refractivity contribution in [2.24, 2.45) is 0 Å². The Hall–Kier alpha value is -1.55. The maximum atomic E-state index is 12.2. The summed E-state index contributed by atoms with van der Waals surface area (Å²) < 4.78 is 0. The predicted molar refractivity (Wildman–Crippen MR) is 86.8 cm³/mol. The molecule has 1 N–H and O–H groups in total. The minimum Gasteiger partial charge on any atom is -0.370 e. The van der Waals surface area contributed by atoms with E-state index in [0.717, 1.165) is 31.9 Å². The Bertz CT molecular complexity index is 477. The molecule has 1 aromatic rings. The average Bonchev–Trinajstić information content (AvgIpc) is 3.01. The predicted octanol–water partition coefficient (Wildman–Crippen LogP) is 2.71. The van der Waals surface area contributed by atoms with Crippen molar-refractivity contribution in [2.75, 3.05) is 42.9 Å². The number of carbonyl (C=O) groups excluding carboxylic acids is 1. The van der Waals surface area contributed by atoms with Crippen LogP contribution < -0.4 is 10.2 Å². The lowest BCUT2D eigenvalue weighted by atomic mass is 10.1. The van der Waals surface area contributed by atoms with Crippen molar-refractivity contribution in [2.45, 2.75) is 32.1 Å². The highest BCUT2D eigenvalue weighted by Gasteiger charge is 2.18. The minimum absolute atomic E-state index is 0.112. The van der Waals surface area contributed by atoms with Gasteiger partial charge in [0.1, 0.15) is 0 Å². The second kappa shape index (κ2) is 6.94. The Morgan fingerprint density at radius 2 is 1.62 bits per heavy atom. The van der Waals surface area contributed by atoms with Gasteiger partial charge >= 0.3 is 0 Å². The van der Waals surface area contributed by atoms with E-state index in [1.165, 1.54) is 37.8 Å². The Morgan fingerprint density at radius 1 is 0.952 bits per heavy atom. The van der Waals surface area contributed by atoms with Crippen LogP contribution in [0, 0.1) is 0 Å². The number of rotatable bonds is 4. The molecule has 0 spiro atoms. The number of piperidine rings is 1. The zero-order valence-corrected chi connectivity index (χ0v) is 12.7. The van der Waals surface area contributed by atoms with E-state index in [0.29, 0.717) is 6.54 Å². The number of nitrogens with zero attached hydrogens (tertiary/aromatic N) is 2. The molecule has 0 aliphatic carbocycles. The summed E-state index contributed by atoms with van der Waals surface area (Å²) in [6.07, 6.45) is 6.25. The van der Waals surface area contributed by atoms with E-state index in [9.17, 15) is 4.79 Å². The van der Waals surface area contributed by atoms with Crippen LogP contribution in [-0.2, 0) is 4.79 Å². The normalized spacial score (nSPS) is 19.7. The van der Waals surface area contributed by atoms with Crippen LogP contribution >= 0.6 is 0 Å². The van der Waals surface area contributed by atoms with Gasteiger partial charge in [-0.05, 0) is 57.3 Å². The van der Waals surface area contributed by atoms with Gasteiger partial charge in [0.2, 0.25) is 5.91 Å². The SMILES string of the molecule is O=C(CN1CCCC1)Nc1ccccc1N1CCCCC1. The number of para-hydroxylation sites is 2. The first-order valence-corrected chi connectivity index (χ1v) is 8.19. The molecule has 2 aliphatic rings. The van der Waals surface area contributed by atoms with Crippen LogP contribution in [0.4, 0.5) is 11.4 Å². The van der Waals surface area contributed by atoms with Crippen LogP contribution in [0.15, 0.2) is 24.3 Å². The molecule has 0 unspecified atom stereocenters. The van der Waals surface area contributed by atoms with Crippen LogP contribution in [0.5, 0.6) is 0 Å². The van der Waals surface area contributed by atoms with Crippen LogP contribution in [-0.4, -0.2) is 43.5 Å². The van der Waals surface area contributed by atoms with Crippen LogP contribution in [0.3, 0.4) is 0 Å². The third-order valence-electron chi connectivity index (χ3n) is 4.44. The van der Waals surface area contributed by atoms with Gasteiger partial charge in [-0.3, -0.25) is 9.69 Å². The molecule has 0 bridgehead atoms. The lowest BCUT2D eigenvalue weighted by molar-refractivity contribution is -0.117. The molecule has 21 heavy (non-hydrogen) atoms. The summed E-state index contributed by atoms with van der Waals surface area (Å²) in [7, 11) is 0. The van der Waals surface area contributed by atoms with Gasteiger partial charge in [0.15, 0.2) is 0 Å². The van der Waals surface area contributed by atoms with Gasteiger partial charge in [-0.2, -0.15) is 0 Å². The molecular weight excluding hydrogens is 262 g/mol. The van der Waals surface area contributed by atoms with E-state index in [1.54, 1.807) is 0 Å². The van der Waals surface area contributed by atoms with Crippen molar-refractivity contribution in [1.29, 1.82) is 0 Å². The molecule has 0 aromatic heterocycles. The second-order valence-electron chi connectivity index (χ2n) is 6.10. The lowest BCUT2D eigenvalue weighted by Crippen LogP contribution is -2.33. The van der Waals surface area contributed by atoms with Crippen molar-refractivity contribution in [3.63, 3.8) is 0 Å². The van der Waals surface area contributed by atoms with E-state index in [-0.39, 0.29) is 5.91 Å². The third-order valence-corrected chi connectivity index (χ3v) is 4.44. The monoisotopic (exact) mass is 287 g/mol. The summed E-state index contributed by atoms with van der Waals surface area (Å²) in [5.41, 5.74) is 2.13. The molecule has 4 heteroatoms. The molecule has 3 rings (SSSR count). The van der Waals surface area contributed by atoms with E-state index >= 15 is 0 Å². The second-order valence-corrected chi connectivity index (χ2v) is 6.10. The largest absolute Gasteiger partial charge is 0.370 e. The highest BCUT2D eigenvalue weighted by Crippen LogP contribution is 2.28. The number of carbonyl (C=O) groups is 1. The van der Waals surface area contributed by atoms with Crippen molar-refractivity contribution >= 4 is 17.3 Å². The number of likely N-dealkylation sites (tertiary alicyclic amines) is 1. The number of hydrogen-bond donors (Lipinski definition) is 1. The van der Waals surface area contributed by atoms with Crippen LogP contribution in [0.2, 0.25) is 0 Å². The van der Waals surface area contributed by atoms with Gasteiger partial charge in [-0.1, -0.05) is 12.1 Å². The fourth-order valence-corrected chi connectivity index (χ4v) is 3.32. The summed E-state index contributed by atoms with van der Waals surface area (Å²) in [5, 5.41) is 3.11.